The van der Waals surface area contributed by atoms with Crippen LogP contribution in [0.4, 0.5) is 0 Å². The van der Waals surface area contributed by atoms with E-state index in [-0.39, 0.29) is 0 Å². The molecule has 0 bridgehead atoms. The highest BCUT2D eigenvalue weighted by Gasteiger charge is 2.30. The summed E-state index contributed by atoms with van der Waals surface area (Å²) in [5.41, 5.74) is 4.89. The Hall–Kier alpha value is -0.840. The lowest BCUT2D eigenvalue weighted by atomic mass is 9.92. The maximum atomic E-state index is 9.95. The topological polar surface area (TPSA) is 62.6 Å². The van der Waals surface area contributed by atoms with Gasteiger partial charge in [0.05, 0.1) is 18.4 Å². The smallest absolute Gasteiger partial charge is 0.117 e. The third kappa shape index (κ3) is 2.59. The Morgan fingerprint density at radius 1 is 1.47 bits per heavy atom. The van der Waals surface area contributed by atoms with Gasteiger partial charge in [0, 0.05) is 19.6 Å². The molecular weight excluding hydrogens is 192 g/mol. The zero-order valence-corrected chi connectivity index (χ0v) is 8.85. The quantitative estimate of drug-likeness (QED) is 0.765. The number of rotatable bonds is 3. The summed E-state index contributed by atoms with van der Waals surface area (Å²) >= 11 is 0. The molecule has 0 radical (unpaired) electrons. The molecule has 0 unspecified atom stereocenters. The van der Waals surface area contributed by atoms with Crippen LogP contribution in [0, 0.1) is 0 Å². The van der Waals surface area contributed by atoms with Crippen molar-refractivity contribution in [1.29, 1.82) is 0 Å². The Balaban J connectivity index is 1.84. The highest BCUT2D eigenvalue weighted by Crippen LogP contribution is 2.22. The van der Waals surface area contributed by atoms with Crippen LogP contribution in [0.2, 0.25) is 0 Å². The van der Waals surface area contributed by atoms with E-state index in [1.54, 1.807) is 6.26 Å². The normalized spacial score (nSPS) is 21.7. The van der Waals surface area contributed by atoms with E-state index in [1.807, 2.05) is 12.1 Å². The number of hydrogen-bond acceptors (Lipinski definition) is 4. The van der Waals surface area contributed by atoms with Crippen LogP contribution in [0.15, 0.2) is 22.8 Å². The van der Waals surface area contributed by atoms with Crippen molar-refractivity contribution >= 4 is 0 Å². The lowest BCUT2D eigenvalue weighted by molar-refractivity contribution is -0.0166. The molecule has 4 heteroatoms. The molecule has 4 nitrogen and oxygen atoms in total. The summed E-state index contributed by atoms with van der Waals surface area (Å²) in [4.78, 5) is 2.28. The van der Waals surface area contributed by atoms with E-state index in [1.165, 1.54) is 0 Å². The average Bonchev–Trinajstić information content (AvgIpc) is 2.75. The molecule has 1 aromatic heterocycles. The zero-order chi connectivity index (χ0) is 10.7. The van der Waals surface area contributed by atoms with E-state index in [4.69, 9.17) is 10.2 Å². The van der Waals surface area contributed by atoms with E-state index in [9.17, 15) is 5.11 Å². The second kappa shape index (κ2) is 4.35. The van der Waals surface area contributed by atoms with Crippen molar-refractivity contribution in [1.82, 2.24) is 4.90 Å². The van der Waals surface area contributed by atoms with Gasteiger partial charge in [-0.3, -0.25) is 4.90 Å². The summed E-state index contributed by atoms with van der Waals surface area (Å²) < 4.78 is 5.29. The molecule has 15 heavy (non-hydrogen) atoms. The summed E-state index contributed by atoms with van der Waals surface area (Å²) in [6, 6.07) is 3.87. The molecule has 3 N–H and O–H groups in total. The molecule has 0 atom stereocenters. The van der Waals surface area contributed by atoms with Crippen LogP contribution >= 0.6 is 0 Å². The number of likely N-dealkylation sites (tertiary alicyclic amines) is 1. The zero-order valence-electron chi connectivity index (χ0n) is 8.85. The van der Waals surface area contributed by atoms with Crippen LogP contribution in [0.1, 0.15) is 18.6 Å². The molecule has 84 valence electrons. The molecule has 0 aliphatic carbocycles. The minimum Gasteiger partial charge on any atom is -0.468 e. The summed E-state index contributed by atoms with van der Waals surface area (Å²) in [7, 11) is 0. The van der Waals surface area contributed by atoms with E-state index in [2.05, 4.69) is 4.90 Å². The SMILES string of the molecule is NCC1(O)CCN(Cc2ccco2)CC1. The van der Waals surface area contributed by atoms with Gasteiger partial charge in [-0.25, -0.2) is 0 Å². The van der Waals surface area contributed by atoms with Gasteiger partial charge in [-0.05, 0) is 25.0 Å². The molecule has 0 spiro atoms. The van der Waals surface area contributed by atoms with Crippen LogP contribution in [0.5, 0.6) is 0 Å². The molecule has 0 aromatic carbocycles. The molecular formula is C11H18N2O2. The maximum absolute atomic E-state index is 9.95. The van der Waals surface area contributed by atoms with Crippen molar-refractivity contribution in [2.75, 3.05) is 19.6 Å². The summed E-state index contributed by atoms with van der Waals surface area (Å²) in [6.45, 7) is 2.96. The van der Waals surface area contributed by atoms with Crippen LogP contribution in [0.25, 0.3) is 0 Å². The molecule has 1 aliphatic rings. The van der Waals surface area contributed by atoms with Gasteiger partial charge in [0.2, 0.25) is 0 Å². The first kappa shape index (κ1) is 10.7. The van der Waals surface area contributed by atoms with Crippen molar-refractivity contribution in [2.24, 2.45) is 5.73 Å². The number of nitrogens with two attached hydrogens (primary N) is 1. The second-order valence-electron chi connectivity index (χ2n) is 4.28. The monoisotopic (exact) mass is 210 g/mol. The number of nitrogens with zero attached hydrogens (tertiary/aromatic N) is 1. The molecule has 0 amide bonds. The first-order chi connectivity index (χ1) is 7.22. The molecule has 1 aliphatic heterocycles. The van der Waals surface area contributed by atoms with Gasteiger partial charge in [0.25, 0.3) is 0 Å². The summed E-state index contributed by atoms with van der Waals surface area (Å²) in [5, 5.41) is 9.95. The van der Waals surface area contributed by atoms with Crippen LogP contribution in [0.3, 0.4) is 0 Å². The van der Waals surface area contributed by atoms with Gasteiger partial charge in [0.1, 0.15) is 5.76 Å². The molecule has 1 aromatic rings. The number of piperidine rings is 1. The average molecular weight is 210 g/mol. The minimum absolute atomic E-state index is 0.363. The third-order valence-electron chi connectivity index (χ3n) is 3.13. The predicted octanol–water partition coefficient (Wildman–Crippen LogP) is 0.565. The first-order valence-electron chi connectivity index (χ1n) is 5.39. The number of hydrogen-bond donors (Lipinski definition) is 2. The van der Waals surface area contributed by atoms with Crippen molar-refractivity contribution < 1.29 is 9.52 Å². The predicted molar refractivity (Wildman–Crippen MR) is 57.2 cm³/mol. The van der Waals surface area contributed by atoms with Crippen LogP contribution < -0.4 is 5.73 Å². The maximum Gasteiger partial charge on any atom is 0.117 e. The van der Waals surface area contributed by atoms with E-state index in [0.717, 1.165) is 38.2 Å². The lowest BCUT2D eigenvalue weighted by Crippen LogP contribution is -2.48. The van der Waals surface area contributed by atoms with Crippen LogP contribution in [-0.4, -0.2) is 35.2 Å². The van der Waals surface area contributed by atoms with E-state index in [0.29, 0.717) is 6.54 Å². The fraction of sp³-hybridized carbons (Fsp3) is 0.636. The van der Waals surface area contributed by atoms with Crippen LogP contribution in [-0.2, 0) is 6.54 Å². The molecule has 0 saturated carbocycles. The van der Waals surface area contributed by atoms with Crippen molar-refractivity contribution in [3.05, 3.63) is 24.2 Å². The van der Waals surface area contributed by atoms with Crippen molar-refractivity contribution in [3.63, 3.8) is 0 Å². The minimum atomic E-state index is -0.639. The Bertz CT molecular complexity index is 290. The van der Waals surface area contributed by atoms with Gasteiger partial charge >= 0.3 is 0 Å². The van der Waals surface area contributed by atoms with E-state index >= 15 is 0 Å². The van der Waals surface area contributed by atoms with E-state index < -0.39 is 5.60 Å². The second-order valence-corrected chi connectivity index (χ2v) is 4.28. The first-order valence-corrected chi connectivity index (χ1v) is 5.39. The fourth-order valence-corrected chi connectivity index (χ4v) is 1.95. The van der Waals surface area contributed by atoms with Gasteiger partial charge in [0.15, 0.2) is 0 Å². The Labute approximate surface area is 89.7 Å². The highest BCUT2D eigenvalue weighted by atomic mass is 16.3. The number of furan rings is 1. The largest absolute Gasteiger partial charge is 0.468 e. The Morgan fingerprint density at radius 3 is 2.73 bits per heavy atom. The summed E-state index contributed by atoms with van der Waals surface area (Å²) in [6.07, 6.45) is 3.20. The highest BCUT2D eigenvalue weighted by molar-refractivity contribution is 4.99. The van der Waals surface area contributed by atoms with Crippen molar-refractivity contribution in [2.45, 2.75) is 25.0 Å². The standard InChI is InChI=1S/C11H18N2O2/c12-9-11(14)3-5-13(6-4-11)8-10-2-1-7-15-10/h1-2,7,14H,3-6,8-9,12H2. The van der Waals surface area contributed by atoms with Gasteiger partial charge < -0.3 is 15.3 Å². The van der Waals surface area contributed by atoms with Crippen molar-refractivity contribution in [3.8, 4) is 0 Å². The third-order valence-corrected chi connectivity index (χ3v) is 3.13. The molecule has 2 heterocycles. The molecule has 2 rings (SSSR count). The number of aliphatic hydroxyl groups is 1. The Kier molecular flexibility index (Phi) is 3.09. The summed E-state index contributed by atoms with van der Waals surface area (Å²) in [5.74, 6) is 0.980. The fourth-order valence-electron chi connectivity index (χ4n) is 1.95. The van der Waals surface area contributed by atoms with Gasteiger partial charge in [-0.1, -0.05) is 0 Å². The lowest BCUT2D eigenvalue weighted by Gasteiger charge is -2.36. The Morgan fingerprint density at radius 2 is 2.20 bits per heavy atom. The molecule has 1 fully saturated rings. The van der Waals surface area contributed by atoms with Gasteiger partial charge in [-0.15, -0.1) is 0 Å². The van der Waals surface area contributed by atoms with Gasteiger partial charge in [-0.2, -0.15) is 0 Å². The molecule has 1 saturated heterocycles.